The minimum absolute atomic E-state index is 0.143. The summed E-state index contributed by atoms with van der Waals surface area (Å²) in [4.78, 5) is 16.8. The number of rotatable bonds is 3. The van der Waals surface area contributed by atoms with Crippen molar-refractivity contribution in [2.75, 3.05) is 5.32 Å². The number of para-hydroxylation sites is 1. The predicted molar refractivity (Wildman–Crippen MR) is 86.5 cm³/mol. The molecule has 2 saturated carbocycles. The van der Waals surface area contributed by atoms with Gasteiger partial charge in [0, 0.05) is 6.42 Å². The van der Waals surface area contributed by atoms with Crippen LogP contribution in [0.2, 0.25) is 0 Å². The van der Waals surface area contributed by atoms with E-state index < -0.39 is 0 Å². The van der Waals surface area contributed by atoms with Crippen LogP contribution in [0, 0.1) is 24.7 Å². The van der Waals surface area contributed by atoms with E-state index >= 15 is 0 Å². The number of thiazole rings is 1. The molecule has 1 heterocycles. The van der Waals surface area contributed by atoms with E-state index in [0.29, 0.717) is 12.3 Å². The summed E-state index contributed by atoms with van der Waals surface area (Å²) in [5, 5.41) is 3.76. The molecule has 2 fully saturated rings. The molecule has 0 radical (unpaired) electrons. The minimum atomic E-state index is 0.143. The third kappa shape index (κ3) is 2.46. The summed E-state index contributed by atoms with van der Waals surface area (Å²) >= 11 is 1.57. The third-order valence-electron chi connectivity index (χ3n) is 5.20. The highest BCUT2D eigenvalue weighted by Crippen LogP contribution is 2.49. The minimum Gasteiger partial charge on any atom is -0.302 e. The van der Waals surface area contributed by atoms with Crippen LogP contribution >= 0.6 is 11.3 Å². The van der Waals surface area contributed by atoms with Crippen molar-refractivity contribution in [3.05, 3.63) is 23.8 Å². The van der Waals surface area contributed by atoms with Crippen molar-refractivity contribution in [1.82, 2.24) is 4.98 Å². The molecule has 1 amide bonds. The molecule has 2 bridgehead atoms. The second-order valence-electron chi connectivity index (χ2n) is 6.63. The van der Waals surface area contributed by atoms with Gasteiger partial charge in [0.25, 0.3) is 0 Å². The maximum absolute atomic E-state index is 12.3. The first-order valence-electron chi connectivity index (χ1n) is 7.85. The van der Waals surface area contributed by atoms with E-state index in [9.17, 15) is 4.79 Å². The fourth-order valence-corrected chi connectivity index (χ4v) is 5.13. The molecule has 0 aliphatic heterocycles. The van der Waals surface area contributed by atoms with Crippen molar-refractivity contribution in [1.29, 1.82) is 0 Å². The van der Waals surface area contributed by atoms with Crippen molar-refractivity contribution < 1.29 is 4.79 Å². The van der Waals surface area contributed by atoms with Crippen molar-refractivity contribution in [2.24, 2.45) is 17.8 Å². The Morgan fingerprint density at radius 1 is 1.38 bits per heavy atom. The monoisotopic (exact) mass is 300 g/mol. The lowest BCUT2D eigenvalue weighted by Gasteiger charge is -2.20. The van der Waals surface area contributed by atoms with Gasteiger partial charge in [-0.2, -0.15) is 0 Å². The predicted octanol–water partition coefficient (Wildman–Crippen LogP) is 4.37. The van der Waals surface area contributed by atoms with Crippen molar-refractivity contribution in [3.8, 4) is 0 Å². The maximum atomic E-state index is 12.3. The van der Waals surface area contributed by atoms with Crippen LogP contribution in [0.3, 0.4) is 0 Å². The van der Waals surface area contributed by atoms with Crippen LogP contribution in [0.1, 0.15) is 37.7 Å². The summed E-state index contributed by atoms with van der Waals surface area (Å²) in [5.41, 5.74) is 2.18. The van der Waals surface area contributed by atoms with Gasteiger partial charge in [-0.1, -0.05) is 29.9 Å². The molecule has 2 aromatic rings. The SMILES string of the molecule is Cc1cccc2sc(NC(=O)C[C@H]3C[C@@H]4CC[C@@H]3C4)nc12. The third-order valence-corrected chi connectivity index (χ3v) is 6.14. The molecule has 1 aromatic heterocycles. The number of hydrogen-bond donors (Lipinski definition) is 1. The van der Waals surface area contributed by atoms with E-state index in [4.69, 9.17) is 0 Å². The molecule has 4 rings (SSSR count). The second-order valence-corrected chi connectivity index (χ2v) is 7.66. The first-order chi connectivity index (χ1) is 10.2. The van der Waals surface area contributed by atoms with Gasteiger partial charge in [-0.3, -0.25) is 4.79 Å². The highest BCUT2D eigenvalue weighted by molar-refractivity contribution is 7.22. The number of fused-ring (bicyclic) bond motifs is 3. The number of aromatic nitrogens is 1. The molecule has 3 atom stereocenters. The standard InChI is InChI=1S/C17H20N2OS/c1-10-3-2-4-14-16(10)19-17(21-14)18-15(20)9-13-8-11-5-6-12(13)7-11/h2-4,11-13H,5-9H2,1H3,(H,18,19,20)/t11-,12-,13-/m1/s1. The average Bonchev–Trinajstić information content (AvgIpc) is 3.13. The summed E-state index contributed by atoms with van der Waals surface area (Å²) in [5.74, 6) is 2.46. The summed E-state index contributed by atoms with van der Waals surface area (Å²) in [6.45, 7) is 2.06. The fourth-order valence-electron chi connectivity index (χ4n) is 4.17. The highest BCUT2D eigenvalue weighted by atomic mass is 32.1. The number of anilines is 1. The van der Waals surface area contributed by atoms with Crippen LogP contribution in [0.15, 0.2) is 18.2 Å². The Morgan fingerprint density at radius 3 is 3.00 bits per heavy atom. The van der Waals surface area contributed by atoms with Gasteiger partial charge in [0.1, 0.15) is 0 Å². The molecule has 2 aliphatic rings. The largest absolute Gasteiger partial charge is 0.302 e. The van der Waals surface area contributed by atoms with Gasteiger partial charge >= 0.3 is 0 Å². The van der Waals surface area contributed by atoms with E-state index in [-0.39, 0.29) is 5.91 Å². The lowest BCUT2D eigenvalue weighted by atomic mass is 9.86. The molecule has 0 spiro atoms. The van der Waals surface area contributed by atoms with E-state index in [1.165, 1.54) is 25.7 Å². The zero-order valence-corrected chi connectivity index (χ0v) is 13.1. The van der Waals surface area contributed by atoms with Gasteiger partial charge in [0.2, 0.25) is 5.91 Å². The van der Waals surface area contributed by atoms with E-state index in [2.05, 4.69) is 29.4 Å². The summed E-state index contributed by atoms with van der Waals surface area (Å²) in [6.07, 6.45) is 6.02. The first-order valence-corrected chi connectivity index (χ1v) is 8.66. The normalized spacial score (nSPS) is 27.4. The molecule has 4 heteroatoms. The quantitative estimate of drug-likeness (QED) is 0.914. The Hall–Kier alpha value is -1.42. The van der Waals surface area contributed by atoms with Crippen LogP contribution in [0.25, 0.3) is 10.2 Å². The molecule has 3 nitrogen and oxygen atoms in total. The van der Waals surface area contributed by atoms with Gasteiger partial charge in [-0.15, -0.1) is 0 Å². The van der Waals surface area contributed by atoms with Crippen LogP contribution in [0.5, 0.6) is 0 Å². The van der Waals surface area contributed by atoms with Crippen LogP contribution < -0.4 is 5.32 Å². The van der Waals surface area contributed by atoms with E-state index in [1.54, 1.807) is 11.3 Å². The summed E-state index contributed by atoms with van der Waals surface area (Å²) < 4.78 is 1.14. The van der Waals surface area contributed by atoms with Crippen molar-refractivity contribution in [3.63, 3.8) is 0 Å². The first kappa shape index (κ1) is 13.3. The molecule has 1 aromatic carbocycles. The number of nitrogens with one attached hydrogen (secondary N) is 1. The van der Waals surface area contributed by atoms with Gasteiger partial charge in [0.15, 0.2) is 5.13 Å². The average molecular weight is 300 g/mol. The van der Waals surface area contributed by atoms with Crippen LogP contribution in [-0.4, -0.2) is 10.9 Å². The Kier molecular flexibility index (Phi) is 3.21. The van der Waals surface area contributed by atoms with E-state index in [1.807, 2.05) is 6.07 Å². The zero-order valence-electron chi connectivity index (χ0n) is 12.3. The van der Waals surface area contributed by atoms with E-state index in [0.717, 1.165) is 32.7 Å². The Bertz CT molecular complexity index is 693. The Labute approximate surface area is 128 Å². The van der Waals surface area contributed by atoms with Crippen molar-refractivity contribution >= 4 is 32.6 Å². The molecule has 2 aliphatic carbocycles. The molecular weight excluding hydrogens is 280 g/mol. The second kappa shape index (κ2) is 5.09. The summed E-state index contributed by atoms with van der Waals surface area (Å²) in [7, 11) is 0. The van der Waals surface area contributed by atoms with Gasteiger partial charge in [-0.05, 0) is 55.6 Å². The Morgan fingerprint density at radius 2 is 2.29 bits per heavy atom. The smallest absolute Gasteiger partial charge is 0.226 e. The number of hydrogen-bond acceptors (Lipinski definition) is 3. The zero-order chi connectivity index (χ0) is 14.4. The topological polar surface area (TPSA) is 42.0 Å². The number of carbonyl (C=O) groups excluding carboxylic acids is 1. The van der Waals surface area contributed by atoms with Gasteiger partial charge in [0.05, 0.1) is 10.2 Å². The number of nitrogens with zero attached hydrogens (tertiary/aromatic N) is 1. The molecule has 0 saturated heterocycles. The molecular formula is C17H20N2OS. The fraction of sp³-hybridized carbons (Fsp3) is 0.529. The number of amides is 1. The lowest BCUT2D eigenvalue weighted by Crippen LogP contribution is -2.20. The van der Waals surface area contributed by atoms with Crippen LogP contribution in [-0.2, 0) is 4.79 Å². The van der Waals surface area contributed by atoms with Crippen LogP contribution in [0.4, 0.5) is 5.13 Å². The maximum Gasteiger partial charge on any atom is 0.226 e. The number of aryl methyl sites for hydroxylation is 1. The molecule has 110 valence electrons. The van der Waals surface area contributed by atoms with Gasteiger partial charge in [-0.25, -0.2) is 4.98 Å². The number of benzene rings is 1. The molecule has 21 heavy (non-hydrogen) atoms. The Balaban J connectivity index is 1.44. The van der Waals surface area contributed by atoms with Crippen molar-refractivity contribution in [2.45, 2.75) is 39.0 Å². The van der Waals surface area contributed by atoms with Gasteiger partial charge < -0.3 is 5.32 Å². The summed E-state index contributed by atoms with van der Waals surface area (Å²) in [6, 6.07) is 6.16. The molecule has 0 unspecified atom stereocenters. The number of carbonyl (C=O) groups is 1. The lowest BCUT2D eigenvalue weighted by molar-refractivity contribution is -0.117. The molecule has 1 N–H and O–H groups in total. The highest BCUT2D eigenvalue weighted by Gasteiger charge is 2.40.